The van der Waals surface area contributed by atoms with Crippen molar-refractivity contribution in [2.75, 3.05) is 13.1 Å². The van der Waals surface area contributed by atoms with Crippen LogP contribution in [0.2, 0.25) is 0 Å². The Balaban J connectivity index is 1.60. The summed E-state index contributed by atoms with van der Waals surface area (Å²) in [5, 5.41) is 5.74. The first-order valence-corrected chi connectivity index (χ1v) is 10.5. The lowest BCUT2D eigenvalue weighted by Crippen LogP contribution is -2.47. The molecule has 0 bridgehead atoms. The summed E-state index contributed by atoms with van der Waals surface area (Å²) in [4.78, 5) is 42.1. The molecule has 2 aliphatic rings. The summed E-state index contributed by atoms with van der Waals surface area (Å²) >= 11 is 0. The fraction of sp³-hybridized carbons (Fsp3) is 0.292. The van der Waals surface area contributed by atoms with E-state index in [0.717, 1.165) is 11.1 Å². The zero-order valence-corrected chi connectivity index (χ0v) is 18.1. The summed E-state index contributed by atoms with van der Waals surface area (Å²) in [5.74, 6) is 0.0680. The van der Waals surface area contributed by atoms with E-state index in [4.69, 9.17) is 4.42 Å². The molecule has 2 N–H and O–H groups in total. The SMILES string of the molecule is C=CCN1C(=O)N[C@H](c2ccc(C)cc2)C2=C1CN([C@@H](C)C(=O)NCc1ccco1)C2=O. The van der Waals surface area contributed by atoms with Gasteiger partial charge in [-0.3, -0.25) is 14.5 Å². The molecule has 0 spiro atoms. The van der Waals surface area contributed by atoms with Gasteiger partial charge in [0, 0.05) is 6.54 Å². The van der Waals surface area contributed by atoms with Crippen molar-refractivity contribution in [2.45, 2.75) is 32.5 Å². The largest absolute Gasteiger partial charge is 0.467 e. The van der Waals surface area contributed by atoms with Gasteiger partial charge in [-0.05, 0) is 31.5 Å². The van der Waals surface area contributed by atoms with Crippen molar-refractivity contribution in [3.8, 4) is 0 Å². The molecular weight excluding hydrogens is 408 g/mol. The van der Waals surface area contributed by atoms with Gasteiger partial charge in [0.15, 0.2) is 0 Å². The molecule has 2 aliphatic heterocycles. The number of hydrogen-bond acceptors (Lipinski definition) is 4. The number of urea groups is 1. The average Bonchev–Trinajstić information content (AvgIpc) is 3.42. The van der Waals surface area contributed by atoms with Crippen molar-refractivity contribution in [1.29, 1.82) is 0 Å². The highest BCUT2D eigenvalue weighted by Gasteiger charge is 2.45. The number of benzene rings is 1. The van der Waals surface area contributed by atoms with E-state index in [1.54, 1.807) is 25.1 Å². The number of carbonyl (C=O) groups is 3. The minimum atomic E-state index is -0.720. The quantitative estimate of drug-likeness (QED) is 0.655. The van der Waals surface area contributed by atoms with E-state index in [-0.39, 0.29) is 37.5 Å². The highest BCUT2D eigenvalue weighted by atomic mass is 16.3. The van der Waals surface area contributed by atoms with Crippen molar-refractivity contribution in [1.82, 2.24) is 20.4 Å². The Kier molecular flexibility index (Phi) is 5.85. The van der Waals surface area contributed by atoms with Crippen LogP contribution in [0.5, 0.6) is 0 Å². The Bertz CT molecular complexity index is 1070. The smallest absolute Gasteiger partial charge is 0.322 e. The average molecular weight is 434 g/mol. The Hall–Kier alpha value is -3.81. The van der Waals surface area contributed by atoms with E-state index in [1.165, 1.54) is 16.1 Å². The fourth-order valence-electron chi connectivity index (χ4n) is 4.03. The summed E-state index contributed by atoms with van der Waals surface area (Å²) in [6.07, 6.45) is 3.15. The summed E-state index contributed by atoms with van der Waals surface area (Å²) in [5.41, 5.74) is 3.00. The third-order valence-corrected chi connectivity index (χ3v) is 5.84. The summed E-state index contributed by atoms with van der Waals surface area (Å²) in [7, 11) is 0. The van der Waals surface area contributed by atoms with Crippen molar-refractivity contribution < 1.29 is 18.8 Å². The highest BCUT2D eigenvalue weighted by Crippen LogP contribution is 2.37. The molecule has 8 nitrogen and oxygen atoms in total. The number of nitrogens with one attached hydrogen (secondary N) is 2. The molecule has 0 aliphatic carbocycles. The second kappa shape index (κ2) is 8.74. The van der Waals surface area contributed by atoms with Crippen LogP contribution in [0.4, 0.5) is 4.79 Å². The van der Waals surface area contributed by atoms with Crippen LogP contribution in [0.25, 0.3) is 0 Å². The minimum absolute atomic E-state index is 0.174. The second-order valence-corrected chi connectivity index (χ2v) is 7.96. The molecule has 2 atom stereocenters. The van der Waals surface area contributed by atoms with Crippen LogP contribution in [-0.4, -0.2) is 46.8 Å². The van der Waals surface area contributed by atoms with E-state index in [2.05, 4.69) is 17.2 Å². The Morgan fingerprint density at radius 2 is 2.06 bits per heavy atom. The third-order valence-electron chi connectivity index (χ3n) is 5.84. The van der Waals surface area contributed by atoms with Crippen molar-refractivity contribution in [3.05, 3.63) is 83.5 Å². The standard InChI is InChI=1S/C24H26N4O4/c1-4-11-27-19-14-28(16(3)22(29)25-13-18-6-5-12-32-18)23(30)20(19)21(26-24(27)31)17-9-7-15(2)8-10-17/h4-10,12,16,21H,1,11,13-14H2,2-3H3,(H,25,29)(H,26,31)/t16-,21+/m0/s1. The molecule has 8 heteroatoms. The van der Waals surface area contributed by atoms with E-state index in [9.17, 15) is 14.4 Å². The molecule has 1 aromatic heterocycles. The summed E-state index contributed by atoms with van der Waals surface area (Å²) in [6.45, 7) is 8.06. The van der Waals surface area contributed by atoms with E-state index >= 15 is 0 Å². The topological polar surface area (TPSA) is 94.9 Å². The maximum absolute atomic E-state index is 13.5. The van der Waals surface area contributed by atoms with Gasteiger partial charge < -0.3 is 20.0 Å². The van der Waals surface area contributed by atoms with Gasteiger partial charge in [-0.1, -0.05) is 35.9 Å². The van der Waals surface area contributed by atoms with Crippen LogP contribution in [0, 0.1) is 6.92 Å². The summed E-state index contributed by atoms with van der Waals surface area (Å²) < 4.78 is 5.25. The molecule has 4 amide bonds. The fourth-order valence-corrected chi connectivity index (χ4v) is 4.03. The maximum atomic E-state index is 13.5. The zero-order valence-electron chi connectivity index (χ0n) is 18.1. The molecular formula is C24H26N4O4. The first kappa shape index (κ1) is 21.4. The number of furan rings is 1. The number of carbonyl (C=O) groups excluding carboxylic acids is 3. The molecule has 3 heterocycles. The zero-order chi connectivity index (χ0) is 22.8. The molecule has 0 saturated carbocycles. The summed E-state index contributed by atoms with van der Waals surface area (Å²) in [6, 6.07) is 9.63. The number of amides is 4. The third kappa shape index (κ3) is 3.91. The lowest BCUT2D eigenvalue weighted by atomic mass is 9.95. The lowest BCUT2D eigenvalue weighted by molar-refractivity contribution is -0.135. The molecule has 4 rings (SSSR count). The van der Waals surface area contributed by atoms with Crippen molar-refractivity contribution >= 4 is 17.8 Å². The Labute approximate surface area is 186 Å². The van der Waals surface area contributed by atoms with Crippen LogP contribution in [0.15, 0.2) is 71.0 Å². The van der Waals surface area contributed by atoms with Gasteiger partial charge in [-0.2, -0.15) is 0 Å². The predicted molar refractivity (Wildman–Crippen MR) is 118 cm³/mol. The number of hydrogen-bond donors (Lipinski definition) is 2. The number of rotatable bonds is 7. The first-order chi connectivity index (χ1) is 15.4. The van der Waals surface area contributed by atoms with Crippen LogP contribution in [0.1, 0.15) is 29.9 Å². The van der Waals surface area contributed by atoms with Crippen LogP contribution in [-0.2, 0) is 16.1 Å². The van der Waals surface area contributed by atoms with Gasteiger partial charge in [0.2, 0.25) is 5.91 Å². The van der Waals surface area contributed by atoms with E-state index in [0.29, 0.717) is 17.0 Å². The normalized spacial score (nSPS) is 19.0. The molecule has 2 aromatic rings. The van der Waals surface area contributed by atoms with Gasteiger partial charge >= 0.3 is 6.03 Å². The molecule has 0 radical (unpaired) electrons. The van der Waals surface area contributed by atoms with E-state index in [1.807, 2.05) is 31.2 Å². The molecule has 0 saturated heterocycles. The Morgan fingerprint density at radius 1 is 1.31 bits per heavy atom. The van der Waals surface area contributed by atoms with Gasteiger partial charge in [-0.25, -0.2) is 4.79 Å². The maximum Gasteiger partial charge on any atom is 0.322 e. The second-order valence-electron chi connectivity index (χ2n) is 7.96. The molecule has 0 unspecified atom stereocenters. The Morgan fingerprint density at radius 3 is 2.72 bits per heavy atom. The van der Waals surface area contributed by atoms with Gasteiger partial charge in [0.25, 0.3) is 5.91 Å². The minimum Gasteiger partial charge on any atom is -0.467 e. The molecule has 166 valence electrons. The van der Waals surface area contributed by atoms with Crippen LogP contribution >= 0.6 is 0 Å². The monoisotopic (exact) mass is 434 g/mol. The molecule has 1 aromatic carbocycles. The predicted octanol–water partition coefficient (Wildman–Crippen LogP) is 2.64. The van der Waals surface area contributed by atoms with Crippen LogP contribution < -0.4 is 10.6 Å². The first-order valence-electron chi connectivity index (χ1n) is 10.5. The number of aryl methyl sites for hydroxylation is 1. The molecule has 32 heavy (non-hydrogen) atoms. The van der Waals surface area contributed by atoms with Crippen LogP contribution in [0.3, 0.4) is 0 Å². The van der Waals surface area contributed by atoms with Crippen molar-refractivity contribution in [2.24, 2.45) is 0 Å². The van der Waals surface area contributed by atoms with E-state index < -0.39 is 12.1 Å². The van der Waals surface area contributed by atoms with Crippen molar-refractivity contribution in [3.63, 3.8) is 0 Å². The van der Waals surface area contributed by atoms with Gasteiger partial charge in [0.1, 0.15) is 11.8 Å². The number of nitrogens with zero attached hydrogens (tertiary/aromatic N) is 2. The lowest BCUT2D eigenvalue weighted by Gasteiger charge is -2.33. The molecule has 0 fully saturated rings. The highest BCUT2D eigenvalue weighted by molar-refractivity contribution is 6.03. The van der Waals surface area contributed by atoms with Gasteiger partial charge in [-0.15, -0.1) is 6.58 Å². The van der Waals surface area contributed by atoms with Gasteiger partial charge in [0.05, 0.1) is 36.7 Å².